The van der Waals surface area contributed by atoms with Gasteiger partial charge in [-0.25, -0.2) is 0 Å². The van der Waals surface area contributed by atoms with Crippen LogP contribution in [0.1, 0.15) is 91.2 Å². The van der Waals surface area contributed by atoms with Crippen LogP contribution in [0.5, 0.6) is 0 Å². The number of rotatable bonds is 10. The van der Waals surface area contributed by atoms with Gasteiger partial charge in [-0.2, -0.15) is 12.8 Å². The van der Waals surface area contributed by atoms with Gasteiger partial charge in [-0.3, -0.25) is 0 Å². The first-order chi connectivity index (χ1) is 11.2. The molecule has 1 aromatic rings. The smallest absolute Gasteiger partial charge is 0.342 e. The minimum atomic E-state index is 0. The van der Waals surface area contributed by atoms with Crippen LogP contribution < -0.4 is 37.7 Å². The van der Waals surface area contributed by atoms with Gasteiger partial charge in [0.15, 0.2) is 0 Å². The molecule has 0 aromatic heterocycles. The molecule has 0 aliphatic carbocycles. The average molecular weight is 342 g/mol. The standard InChI is InChI=1S/C24H40.2Li/c1-9-19(5)17-23(7,11-3)21-14-13-15-22(16-21)24(8,12-4)18-20(6)10-2;;/h13-16,19-20H,3-4,9-12,17-18H2,1-2,5-8H3;;/q-2;2*+1. The van der Waals surface area contributed by atoms with Crippen LogP contribution in [0.4, 0.5) is 0 Å². The third-order valence-corrected chi connectivity index (χ3v) is 6.35. The fraction of sp³-hybridized carbons (Fsp3) is 0.667. The molecule has 0 bridgehead atoms. The SMILES string of the molecule is [CH2-]CC(C)(CC(C)CC)c1cccc(C(C)(C[CH2-])CC(C)CC)c1.[Li+].[Li+]. The fourth-order valence-corrected chi connectivity index (χ4v) is 3.83. The second-order valence-corrected chi connectivity index (χ2v) is 8.64. The van der Waals surface area contributed by atoms with Crippen molar-refractivity contribution in [3.63, 3.8) is 0 Å². The van der Waals surface area contributed by atoms with Gasteiger partial charge in [-0.05, 0) is 46.6 Å². The third kappa shape index (κ3) is 7.44. The number of hydrogen-bond donors (Lipinski definition) is 0. The van der Waals surface area contributed by atoms with Crippen LogP contribution in [0.2, 0.25) is 0 Å². The molecule has 0 N–H and O–H groups in total. The summed E-state index contributed by atoms with van der Waals surface area (Å²) in [4.78, 5) is 0. The first-order valence-electron chi connectivity index (χ1n) is 9.94. The summed E-state index contributed by atoms with van der Waals surface area (Å²) in [5.41, 5.74) is 3.26. The van der Waals surface area contributed by atoms with E-state index >= 15 is 0 Å². The molecule has 4 atom stereocenters. The molecule has 138 valence electrons. The van der Waals surface area contributed by atoms with Crippen LogP contribution in [0.25, 0.3) is 0 Å². The van der Waals surface area contributed by atoms with Crippen molar-refractivity contribution < 1.29 is 37.7 Å². The van der Waals surface area contributed by atoms with Crippen molar-refractivity contribution >= 4 is 0 Å². The molecule has 0 heterocycles. The molecule has 0 spiro atoms. The second-order valence-electron chi connectivity index (χ2n) is 8.64. The molecule has 0 nitrogen and oxygen atoms in total. The maximum Gasteiger partial charge on any atom is 1.00 e. The molecular weight excluding hydrogens is 302 g/mol. The Labute approximate surface area is 189 Å². The van der Waals surface area contributed by atoms with Crippen molar-refractivity contribution in [3.05, 3.63) is 49.2 Å². The molecule has 0 amide bonds. The number of benzene rings is 1. The van der Waals surface area contributed by atoms with E-state index < -0.39 is 0 Å². The fourth-order valence-electron chi connectivity index (χ4n) is 3.83. The zero-order valence-corrected chi connectivity index (χ0v) is 19.1. The third-order valence-electron chi connectivity index (χ3n) is 6.35. The van der Waals surface area contributed by atoms with Crippen molar-refractivity contribution in [2.75, 3.05) is 0 Å². The van der Waals surface area contributed by atoms with Gasteiger partial charge in [0.25, 0.3) is 0 Å². The molecule has 0 saturated heterocycles. The van der Waals surface area contributed by atoms with Crippen molar-refractivity contribution in [2.45, 2.75) is 90.9 Å². The van der Waals surface area contributed by atoms with Gasteiger partial charge in [0.2, 0.25) is 0 Å². The van der Waals surface area contributed by atoms with Gasteiger partial charge in [0.1, 0.15) is 0 Å². The molecule has 1 aromatic carbocycles. The quantitative estimate of drug-likeness (QED) is 0.447. The van der Waals surface area contributed by atoms with Crippen LogP contribution in [-0.4, -0.2) is 0 Å². The zero-order chi connectivity index (χ0) is 18.4. The molecule has 1 rings (SSSR count). The van der Waals surface area contributed by atoms with Crippen molar-refractivity contribution in [1.29, 1.82) is 0 Å². The monoisotopic (exact) mass is 342 g/mol. The van der Waals surface area contributed by atoms with E-state index in [9.17, 15) is 0 Å². The Morgan fingerprint density at radius 3 is 1.42 bits per heavy atom. The van der Waals surface area contributed by atoms with Crippen LogP contribution in [-0.2, 0) is 10.8 Å². The van der Waals surface area contributed by atoms with Crippen LogP contribution in [0.15, 0.2) is 24.3 Å². The van der Waals surface area contributed by atoms with Crippen molar-refractivity contribution in [3.8, 4) is 0 Å². The zero-order valence-electron chi connectivity index (χ0n) is 19.1. The average Bonchev–Trinajstić information content (AvgIpc) is 2.61. The van der Waals surface area contributed by atoms with Crippen molar-refractivity contribution in [1.82, 2.24) is 0 Å². The van der Waals surface area contributed by atoms with Gasteiger partial charge < -0.3 is 13.8 Å². The molecule has 4 unspecified atom stereocenters. The van der Waals surface area contributed by atoms with Gasteiger partial charge in [0.05, 0.1) is 0 Å². The first-order valence-corrected chi connectivity index (χ1v) is 9.94. The summed E-state index contributed by atoms with van der Waals surface area (Å²) in [5.74, 6) is 1.47. The Hall–Kier alpha value is 0.415. The van der Waals surface area contributed by atoms with E-state index in [1.807, 2.05) is 0 Å². The van der Waals surface area contributed by atoms with Crippen LogP contribution >= 0.6 is 0 Å². The van der Waals surface area contributed by atoms with Crippen LogP contribution in [0, 0.1) is 25.7 Å². The van der Waals surface area contributed by atoms with E-state index in [0.29, 0.717) is 0 Å². The first kappa shape index (κ1) is 28.6. The Morgan fingerprint density at radius 1 is 0.808 bits per heavy atom. The van der Waals surface area contributed by atoms with Gasteiger partial charge in [-0.1, -0.05) is 78.6 Å². The van der Waals surface area contributed by atoms with E-state index in [0.717, 1.165) is 24.7 Å². The van der Waals surface area contributed by atoms with Gasteiger partial charge >= 0.3 is 37.7 Å². The van der Waals surface area contributed by atoms with E-state index in [1.54, 1.807) is 0 Å². The van der Waals surface area contributed by atoms with Crippen molar-refractivity contribution in [2.24, 2.45) is 11.8 Å². The predicted octanol–water partition coefficient (Wildman–Crippen LogP) is 1.53. The topological polar surface area (TPSA) is 0 Å². The Balaban J connectivity index is 0. The summed E-state index contributed by atoms with van der Waals surface area (Å²) in [6, 6.07) is 9.33. The largest absolute Gasteiger partial charge is 1.00 e. The Morgan fingerprint density at radius 2 is 1.15 bits per heavy atom. The van der Waals surface area contributed by atoms with E-state index in [1.165, 1.54) is 36.8 Å². The Bertz CT molecular complexity index is 457. The van der Waals surface area contributed by atoms with Gasteiger partial charge in [0, 0.05) is 0 Å². The summed E-state index contributed by atoms with van der Waals surface area (Å²) in [5, 5.41) is 0. The predicted molar refractivity (Wildman–Crippen MR) is 109 cm³/mol. The normalized spacial score (nSPS) is 17.8. The maximum atomic E-state index is 4.28. The van der Waals surface area contributed by atoms with Crippen LogP contribution in [0.3, 0.4) is 0 Å². The Kier molecular flexibility index (Phi) is 14.1. The van der Waals surface area contributed by atoms with Gasteiger partial charge in [-0.15, -0.1) is 0 Å². The minimum absolute atomic E-state index is 0. The maximum absolute atomic E-state index is 4.28. The molecule has 0 radical (unpaired) electrons. The molecule has 2 heteroatoms. The molecule has 0 saturated carbocycles. The summed E-state index contributed by atoms with van der Waals surface area (Å²) in [7, 11) is 0. The molecule has 26 heavy (non-hydrogen) atoms. The van der Waals surface area contributed by atoms with E-state index in [4.69, 9.17) is 0 Å². The minimum Gasteiger partial charge on any atom is -0.342 e. The summed E-state index contributed by atoms with van der Waals surface area (Å²) >= 11 is 0. The molecular formula is C24H40Li2. The summed E-state index contributed by atoms with van der Waals surface area (Å²) in [6.45, 7) is 22.6. The van der Waals surface area contributed by atoms with E-state index in [-0.39, 0.29) is 48.6 Å². The summed E-state index contributed by atoms with van der Waals surface area (Å²) in [6.07, 6.45) is 6.80. The summed E-state index contributed by atoms with van der Waals surface area (Å²) < 4.78 is 0. The molecule has 0 aliphatic heterocycles. The number of hydrogen-bond acceptors (Lipinski definition) is 0. The molecule has 0 aliphatic rings. The van der Waals surface area contributed by atoms with E-state index in [2.05, 4.69) is 79.7 Å². The second kappa shape index (κ2) is 12.8. The molecule has 0 fully saturated rings.